The van der Waals surface area contributed by atoms with E-state index in [-0.39, 0.29) is 24.7 Å². The van der Waals surface area contributed by atoms with Gasteiger partial charge in [0.15, 0.2) is 12.4 Å². The summed E-state index contributed by atoms with van der Waals surface area (Å²) in [6, 6.07) is 12.0. The lowest BCUT2D eigenvalue weighted by molar-refractivity contribution is -0.143. The van der Waals surface area contributed by atoms with Gasteiger partial charge in [-0.2, -0.15) is 0 Å². The van der Waals surface area contributed by atoms with Crippen LogP contribution >= 0.6 is 11.8 Å². The molecule has 0 spiro atoms. The number of ether oxygens (including phenoxy) is 3. The number of rotatable bonds is 18. The molecule has 12 heteroatoms. The number of methoxy groups -OCH3 is 1. The van der Waals surface area contributed by atoms with Crippen molar-refractivity contribution in [3.8, 4) is 11.5 Å². The zero-order valence-corrected chi connectivity index (χ0v) is 25.0. The van der Waals surface area contributed by atoms with Gasteiger partial charge in [-0.1, -0.05) is 44.2 Å². The van der Waals surface area contributed by atoms with Crippen LogP contribution in [0.15, 0.2) is 48.5 Å². The summed E-state index contributed by atoms with van der Waals surface area (Å²) in [5.74, 6) is -2.43. The maximum Gasteiger partial charge on any atom is 0.343 e. The van der Waals surface area contributed by atoms with Crippen LogP contribution in [0.1, 0.15) is 38.3 Å². The molecule has 0 bridgehead atoms. The van der Waals surface area contributed by atoms with Gasteiger partial charge in [0, 0.05) is 11.3 Å². The fourth-order valence-electron chi connectivity index (χ4n) is 3.84. The van der Waals surface area contributed by atoms with Crippen LogP contribution in [0.4, 0.5) is 0 Å². The number of carboxylic acids is 1. The minimum Gasteiger partial charge on any atom is -0.494 e. The minimum atomic E-state index is -1.25. The smallest absolute Gasteiger partial charge is 0.343 e. The monoisotopic (exact) mass is 602 g/mol. The van der Waals surface area contributed by atoms with Gasteiger partial charge in [0.25, 0.3) is 0 Å². The van der Waals surface area contributed by atoms with Gasteiger partial charge in [0.05, 0.1) is 38.4 Å². The largest absolute Gasteiger partial charge is 0.494 e. The van der Waals surface area contributed by atoms with Crippen molar-refractivity contribution in [3.05, 3.63) is 59.7 Å². The molecule has 2 atom stereocenters. The summed E-state index contributed by atoms with van der Waals surface area (Å²) < 4.78 is 15.6. The number of Topliss-reactive ketones (excluding diaryl/α,β-unsaturated/α-hetero) is 1. The molecular formula is C30H38N2O9S. The molecule has 0 saturated carbocycles. The summed E-state index contributed by atoms with van der Waals surface area (Å²) in [4.78, 5) is 62.0. The highest BCUT2D eigenvalue weighted by Crippen LogP contribution is 2.25. The number of nitrogens with one attached hydrogen (secondary N) is 2. The summed E-state index contributed by atoms with van der Waals surface area (Å²) in [7, 11) is 1.24. The Labute approximate surface area is 249 Å². The lowest BCUT2D eigenvalue weighted by atomic mass is 10.0. The zero-order chi connectivity index (χ0) is 31.1. The first-order valence-electron chi connectivity index (χ1n) is 13.4. The van der Waals surface area contributed by atoms with E-state index in [1.165, 1.54) is 18.9 Å². The van der Waals surface area contributed by atoms with Crippen LogP contribution < -0.4 is 20.1 Å². The van der Waals surface area contributed by atoms with Crippen LogP contribution in [-0.4, -0.2) is 72.8 Å². The molecule has 0 saturated heterocycles. The summed E-state index contributed by atoms with van der Waals surface area (Å²) in [6.45, 7) is 5.27. The molecule has 0 heterocycles. The predicted octanol–water partition coefficient (Wildman–Crippen LogP) is 2.78. The Morgan fingerprint density at radius 2 is 1.69 bits per heavy atom. The molecule has 3 N–H and O–H groups in total. The maximum atomic E-state index is 13.2. The molecule has 0 aliphatic rings. The number of hydrogen-bond donors (Lipinski definition) is 3. The summed E-state index contributed by atoms with van der Waals surface area (Å²) in [5, 5.41) is 14.6. The van der Waals surface area contributed by atoms with Crippen molar-refractivity contribution in [1.29, 1.82) is 0 Å². The minimum absolute atomic E-state index is 0.0143. The molecular weight excluding hydrogens is 564 g/mol. The highest BCUT2D eigenvalue weighted by molar-refractivity contribution is 7.99. The second kappa shape index (κ2) is 17.7. The Morgan fingerprint density at radius 1 is 0.976 bits per heavy atom. The van der Waals surface area contributed by atoms with Gasteiger partial charge in [0.1, 0.15) is 17.5 Å². The van der Waals surface area contributed by atoms with Crippen molar-refractivity contribution in [2.24, 2.45) is 5.92 Å². The van der Waals surface area contributed by atoms with Crippen molar-refractivity contribution in [2.45, 2.75) is 51.4 Å². The summed E-state index contributed by atoms with van der Waals surface area (Å²) in [6.07, 6.45) is -0.750. The summed E-state index contributed by atoms with van der Waals surface area (Å²) >= 11 is 1.32. The molecule has 0 aliphatic carbocycles. The number of hydrogen-bond acceptors (Lipinski definition) is 9. The normalized spacial score (nSPS) is 12.1. The number of benzene rings is 2. The second-order valence-electron chi connectivity index (χ2n) is 9.64. The lowest BCUT2D eigenvalue weighted by Crippen LogP contribution is -2.54. The van der Waals surface area contributed by atoms with Gasteiger partial charge in [-0.15, -0.1) is 11.8 Å². The van der Waals surface area contributed by atoms with Crippen molar-refractivity contribution < 1.29 is 43.3 Å². The van der Waals surface area contributed by atoms with Crippen molar-refractivity contribution in [1.82, 2.24) is 10.6 Å². The molecule has 2 rings (SSSR count). The van der Waals surface area contributed by atoms with Crippen LogP contribution in [-0.2, 0) is 40.9 Å². The molecule has 11 nitrogen and oxygen atoms in total. The Balaban J connectivity index is 2.08. The molecule has 2 aromatic rings. The van der Waals surface area contributed by atoms with Gasteiger partial charge in [-0.25, -0.2) is 4.79 Å². The Hall–Kier alpha value is -4.06. The third-order valence-electron chi connectivity index (χ3n) is 5.97. The van der Waals surface area contributed by atoms with Gasteiger partial charge >= 0.3 is 11.9 Å². The van der Waals surface area contributed by atoms with Crippen LogP contribution in [0.2, 0.25) is 0 Å². The number of ketones is 1. The number of carboxylic acid groups (broad SMARTS) is 1. The molecule has 228 valence electrons. The first-order valence-corrected chi connectivity index (χ1v) is 14.6. The lowest BCUT2D eigenvalue weighted by Gasteiger charge is -2.25. The highest BCUT2D eigenvalue weighted by atomic mass is 32.2. The van der Waals surface area contributed by atoms with E-state index < -0.39 is 48.0 Å². The van der Waals surface area contributed by atoms with Crippen molar-refractivity contribution in [3.63, 3.8) is 0 Å². The van der Waals surface area contributed by atoms with Crippen molar-refractivity contribution >= 4 is 41.3 Å². The SMILES string of the molecule is CCOc1ccc(OCC(=O)OC)cc1CC(=O)NC(C(=O)N[C@@H](CC(=O)O)C(=O)CSCc1ccccc1)C(C)C. The molecule has 1 unspecified atom stereocenters. The number of thioether (sulfide) groups is 1. The highest BCUT2D eigenvalue weighted by Gasteiger charge is 2.30. The molecule has 0 fully saturated rings. The topological polar surface area (TPSA) is 157 Å². The summed E-state index contributed by atoms with van der Waals surface area (Å²) in [5.41, 5.74) is 1.48. The first-order chi connectivity index (χ1) is 20.0. The Bertz CT molecular complexity index is 1220. The fourth-order valence-corrected chi connectivity index (χ4v) is 4.77. The number of esters is 1. The Kier molecular flexibility index (Phi) is 14.4. The van der Waals surface area contributed by atoms with E-state index in [0.29, 0.717) is 29.4 Å². The van der Waals surface area contributed by atoms with Crippen molar-refractivity contribution in [2.75, 3.05) is 26.1 Å². The van der Waals surface area contributed by atoms with Crippen LogP contribution in [0.25, 0.3) is 0 Å². The molecule has 0 aliphatic heterocycles. The standard InChI is InChI=1S/C30H38N2O9S/c1-5-40-25-12-11-22(41-16-28(37)39-4)13-21(25)14-26(34)32-29(19(2)3)30(38)31-23(15-27(35)36)24(33)18-42-17-20-9-7-6-8-10-20/h6-13,19,23,29H,5,14-18H2,1-4H3,(H,31,38)(H,32,34)(H,35,36)/t23-,29?/m0/s1. The Morgan fingerprint density at radius 3 is 2.31 bits per heavy atom. The van der Waals surface area contributed by atoms with Gasteiger partial charge in [-0.3, -0.25) is 19.2 Å². The number of amides is 2. The maximum absolute atomic E-state index is 13.2. The van der Waals surface area contributed by atoms with Crippen LogP contribution in [0.5, 0.6) is 11.5 Å². The van der Waals surface area contributed by atoms with E-state index in [1.807, 2.05) is 30.3 Å². The first kappa shape index (κ1) is 34.1. The number of carbonyl (C=O) groups excluding carboxylic acids is 4. The average Bonchev–Trinajstić information content (AvgIpc) is 2.95. The van der Waals surface area contributed by atoms with Gasteiger partial charge in [0.2, 0.25) is 11.8 Å². The molecule has 0 radical (unpaired) electrons. The van der Waals surface area contributed by atoms with E-state index >= 15 is 0 Å². The molecule has 2 aromatic carbocycles. The fraction of sp³-hybridized carbons (Fsp3) is 0.433. The van der Waals surface area contributed by atoms with E-state index in [9.17, 15) is 29.1 Å². The molecule has 42 heavy (non-hydrogen) atoms. The number of aliphatic carboxylic acids is 1. The van der Waals surface area contributed by atoms with E-state index in [0.717, 1.165) is 5.56 Å². The predicted molar refractivity (Wildman–Crippen MR) is 157 cm³/mol. The van der Waals surface area contributed by atoms with E-state index in [1.54, 1.807) is 39.0 Å². The average molecular weight is 603 g/mol. The molecule has 2 amide bonds. The van der Waals surface area contributed by atoms with Crippen LogP contribution in [0, 0.1) is 5.92 Å². The third kappa shape index (κ3) is 11.8. The van der Waals surface area contributed by atoms with Crippen LogP contribution in [0.3, 0.4) is 0 Å². The quantitative estimate of drug-likeness (QED) is 0.217. The zero-order valence-electron chi connectivity index (χ0n) is 24.2. The van der Waals surface area contributed by atoms with E-state index in [4.69, 9.17) is 9.47 Å². The third-order valence-corrected chi connectivity index (χ3v) is 7.00. The second-order valence-corrected chi connectivity index (χ2v) is 10.6. The van der Waals surface area contributed by atoms with Gasteiger partial charge in [-0.05, 0) is 36.6 Å². The van der Waals surface area contributed by atoms with E-state index in [2.05, 4.69) is 15.4 Å². The molecule has 0 aromatic heterocycles. The number of carbonyl (C=O) groups is 5. The van der Waals surface area contributed by atoms with Gasteiger partial charge < -0.3 is 30.0 Å².